The van der Waals surface area contributed by atoms with Crippen LogP contribution in [0.3, 0.4) is 0 Å². The van der Waals surface area contributed by atoms with Crippen LogP contribution in [0.25, 0.3) is 10.9 Å². The Balaban J connectivity index is 1.66. The summed E-state index contributed by atoms with van der Waals surface area (Å²) in [4.78, 5) is 14.4. The molecule has 1 aliphatic rings. The minimum Gasteiger partial charge on any atom is -0.394 e. The number of carbonyl (C=O) groups is 1. The summed E-state index contributed by atoms with van der Waals surface area (Å²) in [6.45, 7) is 1.12. The molecule has 1 aliphatic heterocycles. The van der Waals surface area contributed by atoms with Crippen LogP contribution in [-0.2, 0) is 18.3 Å². The predicted molar refractivity (Wildman–Crippen MR) is 89.0 cm³/mol. The molecule has 2 aromatic rings. The van der Waals surface area contributed by atoms with E-state index in [1.54, 1.807) is 0 Å². The molecule has 23 heavy (non-hydrogen) atoms. The van der Waals surface area contributed by atoms with Crippen molar-refractivity contribution < 1.29 is 15.0 Å². The van der Waals surface area contributed by atoms with Crippen molar-refractivity contribution in [3.8, 4) is 0 Å². The Bertz CT molecular complexity index is 687. The Morgan fingerprint density at radius 1 is 1.30 bits per heavy atom. The zero-order valence-electron chi connectivity index (χ0n) is 13.5. The summed E-state index contributed by atoms with van der Waals surface area (Å²) in [7, 11) is 2.00. The van der Waals surface area contributed by atoms with Gasteiger partial charge in [0.15, 0.2) is 0 Å². The number of rotatable bonds is 4. The number of aliphatic hydroxyl groups is 2. The molecule has 1 amide bonds. The number of benzene rings is 1. The molecule has 5 heteroatoms. The van der Waals surface area contributed by atoms with E-state index in [2.05, 4.69) is 16.7 Å². The number of nitrogens with zero attached hydrogens (tertiary/aromatic N) is 2. The van der Waals surface area contributed by atoms with Crippen molar-refractivity contribution >= 4 is 16.8 Å². The molecular formula is C18H24N2O3. The molecule has 0 aliphatic carbocycles. The van der Waals surface area contributed by atoms with Gasteiger partial charge in [-0.1, -0.05) is 18.2 Å². The first-order chi connectivity index (χ1) is 11.1. The topological polar surface area (TPSA) is 65.7 Å². The van der Waals surface area contributed by atoms with Crippen LogP contribution in [0.2, 0.25) is 0 Å². The molecule has 2 heterocycles. The number of fused-ring (bicyclic) bond motifs is 1. The quantitative estimate of drug-likeness (QED) is 0.894. The Kier molecular flexibility index (Phi) is 4.68. The van der Waals surface area contributed by atoms with Crippen LogP contribution >= 0.6 is 0 Å². The van der Waals surface area contributed by atoms with Crippen LogP contribution in [0.5, 0.6) is 0 Å². The average Bonchev–Trinajstić information content (AvgIpc) is 2.90. The van der Waals surface area contributed by atoms with Crippen LogP contribution in [0.4, 0.5) is 0 Å². The molecule has 3 rings (SSSR count). The fraction of sp³-hybridized carbons (Fsp3) is 0.500. The summed E-state index contributed by atoms with van der Waals surface area (Å²) in [6.07, 6.45) is 3.29. The molecule has 5 nitrogen and oxygen atoms in total. The summed E-state index contributed by atoms with van der Waals surface area (Å²) in [6, 6.07) is 8.12. The third kappa shape index (κ3) is 3.26. The van der Waals surface area contributed by atoms with E-state index in [0.29, 0.717) is 19.5 Å². The highest BCUT2D eigenvalue weighted by atomic mass is 16.3. The van der Waals surface area contributed by atoms with Gasteiger partial charge in [0, 0.05) is 37.2 Å². The maximum absolute atomic E-state index is 12.6. The van der Waals surface area contributed by atoms with E-state index >= 15 is 0 Å². The van der Waals surface area contributed by atoms with Gasteiger partial charge in [-0.2, -0.15) is 0 Å². The summed E-state index contributed by atoms with van der Waals surface area (Å²) >= 11 is 0. The number of para-hydroxylation sites is 1. The highest BCUT2D eigenvalue weighted by molar-refractivity contribution is 5.89. The molecule has 0 saturated carbocycles. The van der Waals surface area contributed by atoms with Gasteiger partial charge in [-0.25, -0.2) is 0 Å². The number of aromatic nitrogens is 1. The highest BCUT2D eigenvalue weighted by Gasteiger charge is 2.27. The normalized spacial score (nSPS) is 17.6. The fourth-order valence-corrected chi connectivity index (χ4v) is 3.52. The highest BCUT2D eigenvalue weighted by Crippen LogP contribution is 2.24. The third-order valence-corrected chi connectivity index (χ3v) is 4.94. The number of hydrogen-bond acceptors (Lipinski definition) is 3. The summed E-state index contributed by atoms with van der Waals surface area (Å²) in [5.74, 6) is 0.236. The van der Waals surface area contributed by atoms with Crippen LogP contribution in [0, 0.1) is 5.92 Å². The molecule has 0 bridgehead atoms. The largest absolute Gasteiger partial charge is 0.394 e. The Hall–Kier alpha value is -1.85. The van der Waals surface area contributed by atoms with Gasteiger partial charge in [-0.3, -0.25) is 4.79 Å². The van der Waals surface area contributed by atoms with Crippen LogP contribution in [-0.4, -0.2) is 51.4 Å². The summed E-state index contributed by atoms with van der Waals surface area (Å²) in [5, 5.41) is 19.9. The lowest BCUT2D eigenvalue weighted by Gasteiger charge is -2.33. The standard InChI is InChI=1S/C18H24N2O3/c1-19-11-14(15-4-2-3-5-16(15)19)10-18(23)20-8-6-13(7-9-20)17(22)12-21/h2-5,11,13,17,21-22H,6-10,12H2,1H3. The van der Waals surface area contributed by atoms with Crippen LogP contribution < -0.4 is 0 Å². The van der Waals surface area contributed by atoms with Crippen LogP contribution in [0.15, 0.2) is 30.5 Å². The second-order valence-electron chi connectivity index (χ2n) is 6.43. The molecule has 124 valence electrons. The van der Waals surface area contributed by atoms with Gasteiger partial charge < -0.3 is 19.7 Å². The van der Waals surface area contributed by atoms with E-state index in [0.717, 1.165) is 29.3 Å². The Labute approximate surface area is 136 Å². The average molecular weight is 316 g/mol. The zero-order chi connectivity index (χ0) is 16.4. The second-order valence-corrected chi connectivity index (χ2v) is 6.43. The van der Waals surface area contributed by atoms with E-state index < -0.39 is 6.10 Å². The van der Waals surface area contributed by atoms with Crippen molar-refractivity contribution in [3.63, 3.8) is 0 Å². The van der Waals surface area contributed by atoms with E-state index in [9.17, 15) is 9.90 Å². The molecule has 1 aromatic heterocycles. The number of aryl methyl sites for hydroxylation is 1. The Morgan fingerprint density at radius 2 is 2.00 bits per heavy atom. The first-order valence-corrected chi connectivity index (χ1v) is 8.19. The molecule has 0 radical (unpaired) electrons. The maximum Gasteiger partial charge on any atom is 0.227 e. The molecular weight excluding hydrogens is 292 g/mol. The first kappa shape index (κ1) is 16.0. The number of amides is 1. The summed E-state index contributed by atoms with van der Waals surface area (Å²) in [5.41, 5.74) is 2.20. The van der Waals surface area contributed by atoms with Gasteiger partial charge >= 0.3 is 0 Å². The van der Waals surface area contributed by atoms with Gasteiger partial charge in [0.1, 0.15) is 0 Å². The van der Waals surface area contributed by atoms with Gasteiger partial charge in [-0.05, 0) is 30.4 Å². The van der Waals surface area contributed by atoms with Crippen molar-refractivity contribution in [3.05, 3.63) is 36.0 Å². The van der Waals surface area contributed by atoms with E-state index in [4.69, 9.17) is 5.11 Å². The molecule has 1 fully saturated rings. The maximum atomic E-state index is 12.6. The summed E-state index contributed by atoms with van der Waals surface area (Å²) < 4.78 is 2.06. The third-order valence-electron chi connectivity index (χ3n) is 4.94. The molecule has 1 atom stereocenters. The van der Waals surface area contributed by atoms with Crippen molar-refractivity contribution in [1.82, 2.24) is 9.47 Å². The number of carbonyl (C=O) groups excluding carboxylic acids is 1. The number of likely N-dealkylation sites (tertiary alicyclic amines) is 1. The lowest BCUT2D eigenvalue weighted by Crippen LogP contribution is -2.42. The molecule has 2 N–H and O–H groups in total. The van der Waals surface area contributed by atoms with Crippen LogP contribution in [0.1, 0.15) is 18.4 Å². The number of hydrogen-bond donors (Lipinski definition) is 2. The molecule has 1 unspecified atom stereocenters. The SMILES string of the molecule is Cn1cc(CC(=O)N2CCC(C(O)CO)CC2)c2ccccc21. The number of piperidine rings is 1. The van der Waals surface area contributed by atoms with Gasteiger partial charge in [0.05, 0.1) is 19.1 Å². The lowest BCUT2D eigenvalue weighted by molar-refractivity contribution is -0.132. The van der Waals surface area contributed by atoms with Crippen molar-refractivity contribution in [2.24, 2.45) is 13.0 Å². The van der Waals surface area contributed by atoms with Gasteiger partial charge in [0.2, 0.25) is 5.91 Å². The van der Waals surface area contributed by atoms with Gasteiger partial charge in [-0.15, -0.1) is 0 Å². The smallest absolute Gasteiger partial charge is 0.227 e. The molecule has 1 saturated heterocycles. The van der Waals surface area contributed by atoms with Gasteiger partial charge in [0.25, 0.3) is 0 Å². The monoisotopic (exact) mass is 316 g/mol. The second kappa shape index (κ2) is 6.72. The van der Waals surface area contributed by atoms with Crippen molar-refractivity contribution in [1.29, 1.82) is 0 Å². The minimum absolute atomic E-state index is 0.0987. The molecule has 0 spiro atoms. The zero-order valence-corrected chi connectivity index (χ0v) is 13.5. The minimum atomic E-state index is -0.662. The lowest BCUT2D eigenvalue weighted by atomic mass is 9.91. The first-order valence-electron chi connectivity index (χ1n) is 8.19. The fourth-order valence-electron chi connectivity index (χ4n) is 3.52. The van der Waals surface area contributed by atoms with Crippen molar-refractivity contribution in [2.45, 2.75) is 25.4 Å². The van der Waals surface area contributed by atoms with E-state index in [1.165, 1.54) is 0 Å². The van der Waals surface area contributed by atoms with E-state index in [1.807, 2.05) is 30.3 Å². The predicted octanol–water partition coefficient (Wildman–Crippen LogP) is 1.31. The van der Waals surface area contributed by atoms with Crippen molar-refractivity contribution in [2.75, 3.05) is 19.7 Å². The Morgan fingerprint density at radius 3 is 2.70 bits per heavy atom. The molecule has 1 aromatic carbocycles. The van der Waals surface area contributed by atoms with E-state index in [-0.39, 0.29) is 18.4 Å². The number of aliphatic hydroxyl groups excluding tert-OH is 2.